The summed E-state index contributed by atoms with van der Waals surface area (Å²) in [5, 5.41) is 9.71. The van der Waals surface area contributed by atoms with E-state index < -0.39 is 5.41 Å². The van der Waals surface area contributed by atoms with E-state index in [2.05, 4.69) is 0 Å². The molecule has 1 N–H and O–H groups in total. The zero-order valence-corrected chi connectivity index (χ0v) is 12.5. The maximum atomic E-state index is 12.7. The van der Waals surface area contributed by atoms with E-state index in [1.54, 1.807) is 26.0 Å². The molecule has 1 aromatic carbocycles. The highest BCUT2D eigenvalue weighted by Crippen LogP contribution is 2.42. The van der Waals surface area contributed by atoms with Crippen LogP contribution in [0.1, 0.15) is 44.2 Å². The highest BCUT2D eigenvalue weighted by Gasteiger charge is 2.49. The van der Waals surface area contributed by atoms with Gasteiger partial charge in [0, 0.05) is 6.42 Å². The fraction of sp³-hybridized carbons (Fsp3) is 0.500. The second-order valence-corrected chi connectivity index (χ2v) is 5.62. The van der Waals surface area contributed by atoms with E-state index in [-0.39, 0.29) is 24.0 Å². The van der Waals surface area contributed by atoms with E-state index in [9.17, 15) is 14.7 Å². The number of rotatable bonds is 3. The van der Waals surface area contributed by atoms with E-state index in [0.717, 1.165) is 5.56 Å². The molecule has 0 saturated carbocycles. The molecule has 108 valence electrons. The number of anilines is 1. The highest BCUT2D eigenvalue weighted by molar-refractivity contribution is 6.22. The molecule has 20 heavy (non-hydrogen) atoms. The number of imide groups is 1. The van der Waals surface area contributed by atoms with Crippen molar-refractivity contribution in [3.63, 3.8) is 0 Å². The van der Waals surface area contributed by atoms with Crippen LogP contribution in [0, 0.1) is 19.3 Å². The molecule has 0 radical (unpaired) electrons. The average Bonchev–Trinajstić information content (AvgIpc) is 2.66. The van der Waals surface area contributed by atoms with Gasteiger partial charge in [0.15, 0.2) is 0 Å². The number of benzene rings is 1. The van der Waals surface area contributed by atoms with Crippen LogP contribution in [-0.4, -0.2) is 16.9 Å². The number of amides is 2. The molecule has 0 bridgehead atoms. The lowest BCUT2D eigenvalue weighted by Gasteiger charge is -2.24. The number of nitrogens with zero attached hydrogens (tertiary/aromatic N) is 1. The smallest absolute Gasteiger partial charge is 0.240 e. The van der Waals surface area contributed by atoms with Crippen LogP contribution in [0.25, 0.3) is 0 Å². The lowest BCUT2D eigenvalue weighted by molar-refractivity contribution is -0.126. The number of phenolic OH excluding ortho intramolecular Hbond substituents is 1. The maximum absolute atomic E-state index is 12.7. The topological polar surface area (TPSA) is 57.6 Å². The van der Waals surface area contributed by atoms with Crippen molar-refractivity contribution in [2.45, 2.75) is 47.0 Å². The Bertz CT molecular complexity index is 573. The first kappa shape index (κ1) is 14.6. The predicted octanol–water partition coefficient (Wildman–Crippen LogP) is 3.08. The predicted molar refractivity (Wildman–Crippen MR) is 77.7 cm³/mol. The zero-order chi connectivity index (χ0) is 15.1. The van der Waals surface area contributed by atoms with Crippen LogP contribution in [-0.2, 0) is 9.59 Å². The Hall–Kier alpha value is -1.84. The van der Waals surface area contributed by atoms with E-state index in [4.69, 9.17) is 0 Å². The van der Waals surface area contributed by atoms with Gasteiger partial charge < -0.3 is 5.11 Å². The van der Waals surface area contributed by atoms with Crippen molar-refractivity contribution in [2.75, 3.05) is 4.90 Å². The maximum Gasteiger partial charge on any atom is 0.240 e. The van der Waals surface area contributed by atoms with Crippen molar-refractivity contribution in [2.24, 2.45) is 5.41 Å². The molecular weight excluding hydrogens is 254 g/mol. The van der Waals surface area contributed by atoms with Gasteiger partial charge in [-0.1, -0.05) is 13.8 Å². The molecule has 1 saturated heterocycles. The summed E-state index contributed by atoms with van der Waals surface area (Å²) in [6.07, 6.45) is 1.61. The first-order valence-electron chi connectivity index (χ1n) is 7.04. The van der Waals surface area contributed by atoms with Gasteiger partial charge in [0.05, 0.1) is 11.1 Å². The Morgan fingerprint density at radius 1 is 1.15 bits per heavy atom. The van der Waals surface area contributed by atoms with E-state index >= 15 is 0 Å². The summed E-state index contributed by atoms with van der Waals surface area (Å²) in [4.78, 5) is 26.3. The molecule has 0 spiro atoms. The molecule has 0 unspecified atom stereocenters. The first-order valence-corrected chi connectivity index (χ1v) is 7.04. The van der Waals surface area contributed by atoms with Gasteiger partial charge in [-0.15, -0.1) is 0 Å². The third kappa shape index (κ3) is 1.99. The Kier molecular flexibility index (Phi) is 3.59. The summed E-state index contributed by atoms with van der Waals surface area (Å²) in [6.45, 7) is 7.46. The molecule has 0 aromatic heterocycles. The summed E-state index contributed by atoms with van der Waals surface area (Å²) >= 11 is 0. The standard InChI is InChI=1S/C16H21NO3/c1-5-16(6-2)9-14(19)17(15(16)20)12-7-11(4)13(18)8-10(12)3/h7-8,18H,5-6,9H2,1-4H3. The van der Waals surface area contributed by atoms with Crippen LogP contribution in [0.5, 0.6) is 5.75 Å². The minimum Gasteiger partial charge on any atom is -0.508 e. The van der Waals surface area contributed by atoms with Gasteiger partial charge in [0.1, 0.15) is 5.75 Å². The van der Waals surface area contributed by atoms with Crippen LogP contribution in [0.15, 0.2) is 12.1 Å². The van der Waals surface area contributed by atoms with Gasteiger partial charge in [-0.3, -0.25) is 9.59 Å². The van der Waals surface area contributed by atoms with Crippen molar-refractivity contribution < 1.29 is 14.7 Å². The molecule has 4 nitrogen and oxygen atoms in total. The molecule has 1 aromatic rings. The van der Waals surface area contributed by atoms with Gasteiger partial charge in [0.2, 0.25) is 11.8 Å². The summed E-state index contributed by atoms with van der Waals surface area (Å²) < 4.78 is 0. The third-order valence-electron chi connectivity index (χ3n) is 4.50. The molecule has 0 atom stereocenters. The number of hydrogen-bond acceptors (Lipinski definition) is 3. The summed E-state index contributed by atoms with van der Waals surface area (Å²) in [7, 11) is 0. The summed E-state index contributed by atoms with van der Waals surface area (Å²) in [5.74, 6) is -0.0739. The van der Waals surface area contributed by atoms with Gasteiger partial charge in [-0.25, -0.2) is 4.90 Å². The molecule has 0 aliphatic carbocycles. The minimum absolute atomic E-state index is 0.110. The molecule has 2 amide bonds. The Balaban J connectivity index is 2.51. The number of hydrogen-bond donors (Lipinski definition) is 1. The number of carbonyl (C=O) groups excluding carboxylic acids is 2. The largest absolute Gasteiger partial charge is 0.508 e. The number of aromatic hydroxyl groups is 1. The van der Waals surface area contributed by atoms with Gasteiger partial charge in [-0.05, 0) is 49.9 Å². The quantitative estimate of drug-likeness (QED) is 0.862. The van der Waals surface area contributed by atoms with Crippen LogP contribution in [0.4, 0.5) is 5.69 Å². The van der Waals surface area contributed by atoms with E-state index in [0.29, 0.717) is 24.1 Å². The van der Waals surface area contributed by atoms with Crippen molar-refractivity contribution in [1.82, 2.24) is 0 Å². The van der Waals surface area contributed by atoms with Crippen molar-refractivity contribution in [3.05, 3.63) is 23.3 Å². The van der Waals surface area contributed by atoms with Crippen LogP contribution in [0.3, 0.4) is 0 Å². The third-order valence-corrected chi connectivity index (χ3v) is 4.50. The van der Waals surface area contributed by atoms with Crippen LogP contribution >= 0.6 is 0 Å². The number of phenols is 1. The van der Waals surface area contributed by atoms with Gasteiger partial charge in [-0.2, -0.15) is 0 Å². The SMILES string of the molecule is CCC1(CC)CC(=O)N(c2cc(C)c(O)cc2C)C1=O. The Labute approximate surface area is 119 Å². The molecule has 1 heterocycles. The summed E-state index contributed by atoms with van der Waals surface area (Å²) in [6, 6.07) is 3.31. The lowest BCUT2D eigenvalue weighted by atomic mass is 9.81. The Morgan fingerprint density at radius 3 is 2.25 bits per heavy atom. The second-order valence-electron chi connectivity index (χ2n) is 5.62. The van der Waals surface area contributed by atoms with Crippen LogP contribution in [0.2, 0.25) is 0 Å². The van der Waals surface area contributed by atoms with Gasteiger partial charge >= 0.3 is 0 Å². The zero-order valence-electron chi connectivity index (χ0n) is 12.5. The second kappa shape index (κ2) is 4.93. The molecule has 1 fully saturated rings. The van der Waals surface area contributed by atoms with Crippen molar-refractivity contribution in [1.29, 1.82) is 0 Å². The molecule has 1 aliphatic heterocycles. The lowest BCUT2D eigenvalue weighted by Crippen LogP contribution is -2.35. The average molecular weight is 275 g/mol. The molecule has 1 aliphatic rings. The van der Waals surface area contributed by atoms with Crippen molar-refractivity contribution >= 4 is 17.5 Å². The normalized spacial score (nSPS) is 17.9. The monoisotopic (exact) mass is 275 g/mol. The minimum atomic E-state index is -0.560. The van der Waals surface area contributed by atoms with Crippen molar-refractivity contribution in [3.8, 4) is 5.75 Å². The fourth-order valence-electron chi connectivity index (χ4n) is 2.87. The first-order chi connectivity index (χ1) is 9.36. The van der Waals surface area contributed by atoms with E-state index in [1.165, 1.54) is 4.90 Å². The molecule has 2 rings (SSSR count). The number of aryl methyl sites for hydroxylation is 2. The molecular formula is C16H21NO3. The highest BCUT2D eigenvalue weighted by atomic mass is 16.3. The summed E-state index contributed by atoms with van der Waals surface area (Å²) in [5.41, 5.74) is 1.43. The number of carbonyl (C=O) groups is 2. The van der Waals surface area contributed by atoms with Crippen LogP contribution < -0.4 is 4.90 Å². The Morgan fingerprint density at radius 2 is 1.75 bits per heavy atom. The fourth-order valence-corrected chi connectivity index (χ4v) is 2.87. The van der Waals surface area contributed by atoms with Gasteiger partial charge in [0.25, 0.3) is 0 Å². The van der Waals surface area contributed by atoms with E-state index in [1.807, 2.05) is 13.8 Å². The molecule has 4 heteroatoms.